The van der Waals surface area contributed by atoms with Gasteiger partial charge >= 0.3 is 6.03 Å². The lowest BCUT2D eigenvalue weighted by atomic mass is 9.86. The number of rotatable bonds is 4. The summed E-state index contributed by atoms with van der Waals surface area (Å²) in [6.07, 6.45) is 4.31. The molecule has 0 saturated heterocycles. The van der Waals surface area contributed by atoms with E-state index >= 15 is 0 Å². The molecule has 0 aromatic heterocycles. The molecule has 2 N–H and O–H groups in total. The number of benzene rings is 1. The molecule has 1 aliphatic carbocycles. The fraction of sp³-hybridized carbons (Fsp3) is 0.500. The van der Waals surface area contributed by atoms with Gasteiger partial charge in [-0.25, -0.2) is 4.79 Å². The molecule has 2 atom stereocenters. The van der Waals surface area contributed by atoms with Gasteiger partial charge in [0.1, 0.15) is 0 Å². The Morgan fingerprint density at radius 1 is 1.22 bits per heavy atom. The minimum absolute atomic E-state index is 0.107. The Balaban J connectivity index is 1.79. The van der Waals surface area contributed by atoms with Gasteiger partial charge in [-0.05, 0) is 30.9 Å². The standard InChI is InChI=1S/C16H20Cl2N2O3/c1-10-5-2-3-8-13(10)19-16(22)20-14(21)9-23-15-11(17)6-4-7-12(15)18/h4,6-7,10,13H,2-3,5,8-9H2,1H3,(H2,19,20,21,22)/t10-,13+/m1/s1. The van der Waals surface area contributed by atoms with Crippen LogP contribution in [0.4, 0.5) is 4.79 Å². The van der Waals surface area contributed by atoms with E-state index in [4.69, 9.17) is 27.9 Å². The highest BCUT2D eigenvalue weighted by Crippen LogP contribution is 2.32. The van der Waals surface area contributed by atoms with Crippen molar-refractivity contribution < 1.29 is 14.3 Å². The Hall–Kier alpha value is -1.46. The van der Waals surface area contributed by atoms with Crippen LogP contribution in [0.5, 0.6) is 5.75 Å². The van der Waals surface area contributed by atoms with Crippen LogP contribution in [0, 0.1) is 5.92 Å². The van der Waals surface area contributed by atoms with E-state index in [9.17, 15) is 9.59 Å². The molecule has 23 heavy (non-hydrogen) atoms. The fourth-order valence-corrected chi connectivity index (χ4v) is 3.16. The van der Waals surface area contributed by atoms with Crippen molar-refractivity contribution in [3.05, 3.63) is 28.2 Å². The monoisotopic (exact) mass is 358 g/mol. The quantitative estimate of drug-likeness (QED) is 0.860. The molecule has 0 heterocycles. The Labute approximate surface area is 145 Å². The van der Waals surface area contributed by atoms with E-state index in [1.165, 1.54) is 6.42 Å². The van der Waals surface area contributed by atoms with Crippen LogP contribution in [0.3, 0.4) is 0 Å². The Bertz CT molecular complexity index is 560. The summed E-state index contributed by atoms with van der Waals surface area (Å²) in [6, 6.07) is 4.50. The first-order chi connectivity index (χ1) is 11.0. The molecule has 1 aromatic carbocycles. The summed E-state index contributed by atoms with van der Waals surface area (Å²) in [7, 11) is 0. The first-order valence-electron chi connectivity index (χ1n) is 7.64. The number of nitrogens with one attached hydrogen (secondary N) is 2. The van der Waals surface area contributed by atoms with Gasteiger partial charge in [-0.2, -0.15) is 0 Å². The van der Waals surface area contributed by atoms with Gasteiger partial charge in [-0.15, -0.1) is 0 Å². The predicted octanol–water partition coefficient (Wildman–Crippen LogP) is 3.78. The average Bonchev–Trinajstić information content (AvgIpc) is 2.49. The third kappa shape index (κ3) is 5.29. The molecule has 0 spiro atoms. The average molecular weight is 359 g/mol. The van der Waals surface area contributed by atoms with Crippen molar-refractivity contribution in [2.75, 3.05) is 6.61 Å². The van der Waals surface area contributed by atoms with Crippen molar-refractivity contribution in [1.29, 1.82) is 0 Å². The number of para-hydroxylation sites is 1. The molecule has 0 bridgehead atoms. The number of amides is 3. The zero-order valence-corrected chi connectivity index (χ0v) is 14.4. The lowest BCUT2D eigenvalue weighted by Gasteiger charge is -2.29. The molecule has 1 saturated carbocycles. The summed E-state index contributed by atoms with van der Waals surface area (Å²) >= 11 is 11.9. The Morgan fingerprint density at radius 2 is 1.87 bits per heavy atom. The second kappa shape index (κ2) is 8.41. The van der Waals surface area contributed by atoms with Crippen molar-refractivity contribution in [3.8, 4) is 5.75 Å². The second-order valence-electron chi connectivity index (χ2n) is 5.73. The molecular weight excluding hydrogens is 339 g/mol. The van der Waals surface area contributed by atoms with Gasteiger partial charge in [0.2, 0.25) is 0 Å². The van der Waals surface area contributed by atoms with Crippen LogP contribution < -0.4 is 15.4 Å². The minimum atomic E-state index is -0.554. The number of imide groups is 1. The van der Waals surface area contributed by atoms with Crippen molar-refractivity contribution in [2.24, 2.45) is 5.92 Å². The van der Waals surface area contributed by atoms with Gasteiger partial charge in [0.05, 0.1) is 10.0 Å². The highest BCUT2D eigenvalue weighted by Gasteiger charge is 2.23. The molecule has 0 aliphatic heterocycles. The first-order valence-corrected chi connectivity index (χ1v) is 8.40. The van der Waals surface area contributed by atoms with E-state index < -0.39 is 11.9 Å². The zero-order chi connectivity index (χ0) is 16.8. The van der Waals surface area contributed by atoms with E-state index in [0.29, 0.717) is 16.0 Å². The molecule has 1 aromatic rings. The maximum Gasteiger partial charge on any atom is 0.321 e. The van der Waals surface area contributed by atoms with Crippen molar-refractivity contribution in [1.82, 2.24) is 10.6 Å². The molecule has 3 amide bonds. The zero-order valence-electron chi connectivity index (χ0n) is 12.9. The molecule has 1 fully saturated rings. The summed E-state index contributed by atoms with van der Waals surface area (Å²) in [4.78, 5) is 23.7. The van der Waals surface area contributed by atoms with E-state index in [0.717, 1.165) is 19.3 Å². The van der Waals surface area contributed by atoms with E-state index in [1.807, 2.05) is 0 Å². The number of carbonyl (C=O) groups excluding carboxylic acids is 2. The number of hydrogen-bond donors (Lipinski definition) is 2. The summed E-state index contributed by atoms with van der Waals surface area (Å²) in [5.74, 6) is 0.0945. The molecule has 0 radical (unpaired) electrons. The van der Waals surface area contributed by atoms with E-state index in [2.05, 4.69) is 17.6 Å². The van der Waals surface area contributed by atoms with Crippen molar-refractivity contribution in [3.63, 3.8) is 0 Å². The molecule has 0 unspecified atom stereocenters. The number of halogens is 2. The smallest absolute Gasteiger partial charge is 0.321 e. The number of ether oxygens (including phenoxy) is 1. The molecule has 1 aliphatic rings. The lowest BCUT2D eigenvalue weighted by Crippen LogP contribution is -2.48. The van der Waals surface area contributed by atoms with Gasteiger partial charge < -0.3 is 10.1 Å². The van der Waals surface area contributed by atoms with Crippen LogP contribution in [0.25, 0.3) is 0 Å². The summed E-state index contributed by atoms with van der Waals surface area (Å²) < 4.78 is 5.29. The first kappa shape index (κ1) is 17.9. The van der Waals surface area contributed by atoms with Crippen LogP contribution in [0.15, 0.2) is 18.2 Å². The number of carbonyl (C=O) groups is 2. The topological polar surface area (TPSA) is 67.4 Å². The Kier molecular flexibility index (Phi) is 6.54. The maximum atomic E-state index is 11.9. The van der Waals surface area contributed by atoms with Gasteiger partial charge in [-0.3, -0.25) is 10.1 Å². The minimum Gasteiger partial charge on any atom is -0.481 e. The molecule has 2 rings (SSSR count). The van der Waals surface area contributed by atoms with E-state index in [1.54, 1.807) is 18.2 Å². The van der Waals surface area contributed by atoms with Gasteiger partial charge in [0.15, 0.2) is 12.4 Å². The van der Waals surface area contributed by atoms with Gasteiger partial charge in [0, 0.05) is 6.04 Å². The van der Waals surface area contributed by atoms with Crippen LogP contribution in [-0.2, 0) is 4.79 Å². The normalized spacial score (nSPS) is 20.7. The number of hydrogen-bond acceptors (Lipinski definition) is 3. The summed E-state index contributed by atoms with van der Waals surface area (Å²) in [6.45, 7) is 1.77. The highest BCUT2D eigenvalue weighted by molar-refractivity contribution is 6.37. The van der Waals surface area contributed by atoms with Crippen molar-refractivity contribution in [2.45, 2.75) is 38.6 Å². The van der Waals surface area contributed by atoms with Crippen LogP contribution >= 0.6 is 23.2 Å². The van der Waals surface area contributed by atoms with Crippen molar-refractivity contribution >= 4 is 35.1 Å². The predicted molar refractivity (Wildman–Crippen MR) is 90.1 cm³/mol. The third-order valence-corrected chi connectivity index (χ3v) is 4.54. The number of urea groups is 1. The van der Waals surface area contributed by atoms with Crippen LogP contribution in [0.2, 0.25) is 10.0 Å². The Morgan fingerprint density at radius 3 is 2.52 bits per heavy atom. The largest absolute Gasteiger partial charge is 0.481 e. The third-order valence-electron chi connectivity index (χ3n) is 3.95. The highest BCUT2D eigenvalue weighted by atomic mass is 35.5. The molecular formula is C16H20Cl2N2O3. The molecule has 5 nitrogen and oxygen atoms in total. The van der Waals surface area contributed by atoms with Crippen LogP contribution in [-0.4, -0.2) is 24.6 Å². The maximum absolute atomic E-state index is 11.9. The SMILES string of the molecule is C[C@@H]1CCCC[C@@H]1NC(=O)NC(=O)COc1c(Cl)cccc1Cl. The molecule has 7 heteroatoms. The fourth-order valence-electron chi connectivity index (χ4n) is 2.66. The van der Waals surface area contributed by atoms with Gasteiger partial charge in [0.25, 0.3) is 5.91 Å². The lowest BCUT2D eigenvalue weighted by molar-refractivity contribution is -0.122. The summed E-state index contributed by atoms with van der Waals surface area (Å²) in [5, 5.41) is 5.72. The van der Waals surface area contributed by atoms with E-state index in [-0.39, 0.29) is 18.4 Å². The summed E-state index contributed by atoms with van der Waals surface area (Å²) in [5.41, 5.74) is 0. The van der Waals surface area contributed by atoms with Crippen LogP contribution in [0.1, 0.15) is 32.6 Å². The van der Waals surface area contributed by atoms with Gasteiger partial charge in [-0.1, -0.05) is 49.0 Å². The second-order valence-corrected chi connectivity index (χ2v) is 6.54. The molecule has 126 valence electrons.